The van der Waals surface area contributed by atoms with Gasteiger partial charge in [-0.2, -0.15) is 0 Å². The van der Waals surface area contributed by atoms with Crippen molar-refractivity contribution in [3.63, 3.8) is 0 Å². The molecule has 25 heavy (non-hydrogen) atoms. The first kappa shape index (κ1) is 15.6. The Hall–Kier alpha value is -2.87. The van der Waals surface area contributed by atoms with E-state index in [1.165, 1.54) is 10.9 Å². The summed E-state index contributed by atoms with van der Waals surface area (Å²) in [6.07, 6.45) is 0. The van der Waals surface area contributed by atoms with E-state index in [4.69, 9.17) is 4.42 Å². The van der Waals surface area contributed by atoms with E-state index in [1.807, 2.05) is 24.3 Å². The van der Waals surface area contributed by atoms with Crippen molar-refractivity contribution in [2.24, 2.45) is 0 Å². The molecule has 0 amide bonds. The number of hydrogen-bond acceptors (Lipinski definition) is 2. The van der Waals surface area contributed by atoms with Gasteiger partial charge in [-0.05, 0) is 52.4 Å². The Bertz CT molecular complexity index is 1150. The third-order valence-electron chi connectivity index (χ3n) is 4.84. The third-order valence-corrected chi connectivity index (χ3v) is 4.84. The first-order valence-electron chi connectivity index (χ1n) is 8.61. The molecule has 0 radical (unpaired) electrons. The minimum Gasteiger partial charge on any atom is -0.423 e. The van der Waals surface area contributed by atoms with Crippen molar-refractivity contribution in [3.8, 4) is 11.1 Å². The van der Waals surface area contributed by atoms with Gasteiger partial charge < -0.3 is 4.42 Å². The molecule has 2 nitrogen and oxygen atoms in total. The van der Waals surface area contributed by atoms with Gasteiger partial charge in [-0.25, -0.2) is 4.79 Å². The quantitative estimate of drug-likeness (QED) is 0.420. The Morgan fingerprint density at radius 1 is 0.880 bits per heavy atom. The Kier molecular flexibility index (Phi) is 3.69. The molecule has 0 spiro atoms. The number of hydrogen-bond donors (Lipinski definition) is 0. The summed E-state index contributed by atoms with van der Waals surface area (Å²) >= 11 is 0. The molecular weight excluding hydrogens is 308 g/mol. The smallest absolute Gasteiger partial charge is 0.336 e. The molecule has 0 atom stereocenters. The van der Waals surface area contributed by atoms with E-state index in [1.54, 1.807) is 6.07 Å². The lowest BCUT2D eigenvalue weighted by Crippen LogP contribution is -2.00. The summed E-state index contributed by atoms with van der Waals surface area (Å²) in [5.41, 5.74) is 4.77. The fraction of sp³-hybridized carbons (Fsp3) is 0.174. The van der Waals surface area contributed by atoms with Crippen LogP contribution in [0.1, 0.15) is 30.9 Å². The van der Waals surface area contributed by atoms with E-state index in [0.29, 0.717) is 11.5 Å². The van der Waals surface area contributed by atoms with E-state index < -0.39 is 0 Å². The van der Waals surface area contributed by atoms with Crippen LogP contribution in [0.2, 0.25) is 0 Å². The molecule has 4 aromatic rings. The Morgan fingerprint density at radius 3 is 2.48 bits per heavy atom. The van der Waals surface area contributed by atoms with Crippen LogP contribution < -0.4 is 5.63 Å². The molecule has 124 valence electrons. The van der Waals surface area contributed by atoms with Crippen LogP contribution in [-0.2, 0) is 0 Å². The van der Waals surface area contributed by atoms with Gasteiger partial charge in [0.05, 0.1) is 0 Å². The zero-order valence-corrected chi connectivity index (χ0v) is 14.7. The fourth-order valence-electron chi connectivity index (χ4n) is 3.48. The highest BCUT2D eigenvalue weighted by atomic mass is 16.4. The molecule has 0 aliphatic rings. The second-order valence-electron chi connectivity index (χ2n) is 6.87. The largest absolute Gasteiger partial charge is 0.423 e. The molecule has 3 aromatic carbocycles. The highest BCUT2D eigenvalue weighted by molar-refractivity contribution is 6.05. The van der Waals surface area contributed by atoms with Gasteiger partial charge in [0.25, 0.3) is 0 Å². The SMILES string of the molecule is Cc1ccc2ccccc2c1-c1cc(=O)oc2ccc(C(C)C)cc12. The second-order valence-corrected chi connectivity index (χ2v) is 6.87. The van der Waals surface area contributed by atoms with Crippen molar-refractivity contribution >= 4 is 21.7 Å². The monoisotopic (exact) mass is 328 g/mol. The van der Waals surface area contributed by atoms with Crippen LogP contribution >= 0.6 is 0 Å². The van der Waals surface area contributed by atoms with Crippen LogP contribution in [0.4, 0.5) is 0 Å². The van der Waals surface area contributed by atoms with E-state index in [0.717, 1.165) is 27.5 Å². The summed E-state index contributed by atoms with van der Waals surface area (Å²) < 4.78 is 5.45. The Balaban J connectivity index is 2.16. The van der Waals surface area contributed by atoms with E-state index in [-0.39, 0.29) is 5.63 Å². The lowest BCUT2D eigenvalue weighted by atomic mass is 9.91. The number of rotatable bonds is 2. The van der Waals surface area contributed by atoms with Crippen LogP contribution in [0.5, 0.6) is 0 Å². The maximum atomic E-state index is 12.2. The molecule has 0 unspecified atom stereocenters. The second kappa shape index (κ2) is 5.89. The molecular formula is C23H20O2. The van der Waals surface area contributed by atoms with Gasteiger partial charge in [-0.1, -0.05) is 56.3 Å². The molecule has 0 aliphatic carbocycles. The molecule has 2 heteroatoms. The first-order valence-corrected chi connectivity index (χ1v) is 8.61. The molecule has 0 saturated heterocycles. The van der Waals surface area contributed by atoms with Gasteiger partial charge in [0, 0.05) is 17.0 Å². The average Bonchev–Trinajstić information content (AvgIpc) is 2.60. The zero-order valence-electron chi connectivity index (χ0n) is 14.7. The van der Waals surface area contributed by atoms with E-state index in [9.17, 15) is 4.79 Å². The minimum atomic E-state index is -0.313. The minimum absolute atomic E-state index is 0.313. The summed E-state index contributed by atoms with van der Waals surface area (Å²) in [7, 11) is 0. The Morgan fingerprint density at radius 2 is 1.68 bits per heavy atom. The molecule has 1 aromatic heterocycles. The number of benzene rings is 3. The normalized spacial score (nSPS) is 11.5. The van der Waals surface area contributed by atoms with Crippen LogP contribution in [-0.4, -0.2) is 0 Å². The molecule has 0 bridgehead atoms. The Labute approximate surface area is 146 Å². The summed E-state index contributed by atoms with van der Waals surface area (Å²) in [4.78, 5) is 12.2. The van der Waals surface area contributed by atoms with Crippen molar-refractivity contribution in [2.45, 2.75) is 26.7 Å². The van der Waals surface area contributed by atoms with E-state index >= 15 is 0 Å². The van der Waals surface area contributed by atoms with Crippen molar-refractivity contribution in [3.05, 3.63) is 82.2 Å². The topological polar surface area (TPSA) is 30.2 Å². The summed E-state index contributed by atoms with van der Waals surface area (Å²) in [6, 6.07) is 20.3. The van der Waals surface area contributed by atoms with Crippen molar-refractivity contribution < 1.29 is 4.42 Å². The van der Waals surface area contributed by atoms with Crippen molar-refractivity contribution in [1.29, 1.82) is 0 Å². The zero-order chi connectivity index (χ0) is 17.6. The van der Waals surface area contributed by atoms with Gasteiger partial charge in [-0.3, -0.25) is 0 Å². The standard InChI is InChI=1S/C23H20O2/c1-14(2)17-10-11-21-19(12-17)20(13-22(24)25-21)23-15(3)8-9-16-6-4-5-7-18(16)23/h4-14H,1-3H3. The maximum Gasteiger partial charge on any atom is 0.336 e. The lowest BCUT2D eigenvalue weighted by Gasteiger charge is -2.14. The average molecular weight is 328 g/mol. The molecule has 0 saturated carbocycles. The van der Waals surface area contributed by atoms with Crippen LogP contribution in [0.25, 0.3) is 32.9 Å². The van der Waals surface area contributed by atoms with E-state index in [2.05, 4.69) is 51.1 Å². The third kappa shape index (κ3) is 2.64. The van der Waals surface area contributed by atoms with Gasteiger partial charge in [0.15, 0.2) is 0 Å². The number of aryl methyl sites for hydroxylation is 1. The lowest BCUT2D eigenvalue weighted by molar-refractivity contribution is 0.561. The van der Waals surface area contributed by atoms with Gasteiger partial charge >= 0.3 is 5.63 Å². The molecule has 0 aliphatic heterocycles. The van der Waals surface area contributed by atoms with Crippen LogP contribution in [0, 0.1) is 6.92 Å². The van der Waals surface area contributed by atoms with Crippen LogP contribution in [0.15, 0.2) is 69.9 Å². The highest BCUT2D eigenvalue weighted by Crippen LogP contribution is 2.36. The molecule has 1 heterocycles. The van der Waals surface area contributed by atoms with Crippen molar-refractivity contribution in [2.75, 3.05) is 0 Å². The van der Waals surface area contributed by atoms with Gasteiger partial charge in [0.1, 0.15) is 5.58 Å². The van der Waals surface area contributed by atoms with Crippen LogP contribution in [0.3, 0.4) is 0 Å². The summed E-state index contributed by atoms with van der Waals surface area (Å²) in [5, 5.41) is 3.32. The van der Waals surface area contributed by atoms with Gasteiger partial charge in [0.2, 0.25) is 0 Å². The predicted molar refractivity (Wildman–Crippen MR) is 104 cm³/mol. The summed E-state index contributed by atoms with van der Waals surface area (Å²) in [5.74, 6) is 0.415. The molecule has 0 fully saturated rings. The molecule has 4 rings (SSSR count). The maximum absolute atomic E-state index is 12.2. The molecule has 0 N–H and O–H groups in total. The fourth-order valence-corrected chi connectivity index (χ4v) is 3.48. The highest BCUT2D eigenvalue weighted by Gasteiger charge is 2.14. The predicted octanol–water partition coefficient (Wildman–Crippen LogP) is 6.05. The van der Waals surface area contributed by atoms with Crippen molar-refractivity contribution in [1.82, 2.24) is 0 Å². The van der Waals surface area contributed by atoms with Gasteiger partial charge in [-0.15, -0.1) is 0 Å². The summed E-state index contributed by atoms with van der Waals surface area (Å²) in [6.45, 7) is 6.43. The first-order chi connectivity index (χ1) is 12.0. The number of fused-ring (bicyclic) bond motifs is 2.